The summed E-state index contributed by atoms with van der Waals surface area (Å²) in [6.45, 7) is 4.59. The van der Waals surface area contributed by atoms with Crippen LogP contribution in [0.4, 0.5) is 10.1 Å². The van der Waals surface area contributed by atoms with Gasteiger partial charge in [0.25, 0.3) is 11.8 Å². The Bertz CT molecular complexity index is 1100. The standard InChI is InChI=1S/C25H26FN3O6/c1-17(30)35-21-8-6-20(7-9-21)29-23(31)16-22(25(29)33)28(11-10-27-12-14-34-15-13-27)24(32)18-2-4-19(26)5-3-18/h2-9,22H,10-16H2,1H3. The van der Waals surface area contributed by atoms with E-state index in [9.17, 15) is 23.6 Å². The van der Waals surface area contributed by atoms with E-state index < -0.39 is 35.5 Å². The Morgan fingerprint density at radius 1 is 1.06 bits per heavy atom. The van der Waals surface area contributed by atoms with Crippen LogP contribution < -0.4 is 9.64 Å². The highest BCUT2D eigenvalue weighted by Crippen LogP contribution is 2.28. The molecule has 0 bridgehead atoms. The third-order valence-corrected chi connectivity index (χ3v) is 5.97. The van der Waals surface area contributed by atoms with Crippen molar-refractivity contribution in [3.8, 4) is 5.75 Å². The van der Waals surface area contributed by atoms with Crippen molar-refractivity contribution in [1.29, 1.82) is 0 Å². The molecule has 35 heavy (non-hydrogen) atoms. The number of hydrogen-bond donors (Lipinski definition) is 0. The largest absolute Gasteiger partial charge is 0.427 e. The molecule has 1 unspecified atom stereocenters. The molecule has 2 aliphatic heterocycles. The molecular weight excluding hydrogens is 457 g/mol. The van der Waals surface area contributed by atoms with E-state index in [0.29, 0.717) is 38.5 Å². The van der Waals surface area contributed by atoms with Crippen molar-refractivity contribution in [2.24, 2.45) is 0 Å². The van der Waals surface area contributed by atoms with Crippen LogP contribution >= 0.6 is 0 Å². The van der Waals surface area contributed by atoms with Crippen molar-refractivity contribution < 1.29 is 33.0 Å². The first kappa shape index (κ1) is 24.5. The number of ether oxygens (including phenoxy) is 2. The van der Waals surface area contributed by atoms with E-state index in [4.69, 9.17) is 9.47 Å². The Kier molecular flexibility index (Phi) is 7.52. The lowest BCUT2D eigenvalue weighted by atomic mass is 10.1. The van der Waals surface area contributed by atoms with E-state index in [2.05, 4.69) is 4.90 Å². The minimum absolute atomic E-state index is 0.166. The molecule has 184 valence electrons. The van der Waals surface area contributed by atoms with Gasteiger partial charge in [-0.15, -0.1) is 0 Å². The molecule has 2 aliphatic rings. The number of imide groups is 1. The summed E-state index contributed by atoms with van der Waals surface area (Å²) in [6, 6.07) is 10.1. The molecule has 3 amide bonds. The molecule has 10 heteroatoms. The van der Waals surface area contributed by atoms with Gasteiger partial charge in [0.05, 0.1) is 25.3 Å². The maximum absolute atomic E-state index is 13.4. The topological polar surface area (TPSA) is 96.5 Å². The van der Waals surface area contributed by atoms with Gasteiger partial charge in [-0.1, -0.05) is 0 Å². The Hall–Kier alpha value is -3.63. The average molecular weight is 483 g/mol. The van der Waals surface area contributed by atoms with E-state index in [1.54, 1.807) is 0 Å². The van der Waals surface area contributed by atoms with Crippen LogP contribution in [-0.4, -0.2) is 78.9 Å². The van der Waals surface area contributed by atoms with Crippen molar-refractivity contribution in [1.82, 2.24) is 9.80 Å². The first-order valence-corrected chi connectivity index (χ1v) is 11.4. The lowest BCUT2D eigenvalue weighted by Gasteiger charge is -2.32. The SMILES string of the molecule is CC(=O)Oc1ccc(N2C(=O)CC(N(CCN3CCOCC3)C(=O)c3ccc(F)cc3)C2=O)cc1. The van der Waals surface area contributed by atoms with Gasteiger partial charge in [0, 0.05) is 38.7 Å². The van der Waals surface area contributed by atoms with Crippen molar-refractivity contribution >= 4 is 29.4 Å². The summed E-state index contributed by atoms with van der Waals surface area (Å²) in [5.41, 5.74) is 0.554. The summed E-state index contributed by atoms with van der Waals surface area (Å²) in [7, 11) is 0. The van der Waals surface area contributed by atoms with Gasteiger partial charge >= 0.3 is 5.97 Å². The van der Waals surface area contributed by atoms with E-state index in [1.165, 1.54) is 60.4 Å². The summed E-state index contributed by atoms with van der Waals surface area (Å²) in [5.74, 6) is -2.08. The monoisotopic (exact) mass is 483 g/mol. The third kappa shape index (κ3) is 5.72. The van der Waals surface area contributed by atoms with Gasteiger partial charge in [0.15, 0.2) is 0 Å². The van der Waals surface area contributed by atoms with Gasteiger partial charge in [-0.05, 0) is 48.5 Å². The molecule has 1 atom stereocenters. The van der Waals surface area contributed by atoms with E-state index in [1.807, 2.05) is 0 Å². The van der Waals surface area contributed by atoms with E-state index in [-0.39, 0.29) is 24.3 Å². The van der Waals surface area contributed by atoms with Gasteiger partial charge in [0.1, 0.15) is 17.6 Å². The van der Waals surface area contributed by atoms with Crippen LogP contribution in [0.15, 0.2) is 48.5 Å². The first-order valence-electron chi connectivity index (χ1n) is 11.4. The van der Waals surface area contributed by atoms with E-state index in [0.717, 1.165) is 4.90 Å². The Morgan fingerprint density at radius 2 is 1.71 bits per heavy atom. The van der Waals surface area contributed by atoms with Crippen LogP contribution in [0.2, 0.25) is 0 Å². The number of hydrogen-bond acceptors (Lipinski definition) is 7. The number of carbonyl (C=O) groups is 4. The Morgan fingerprint density at radius 3 is 2.34 bits per heavy atom. The molecule has 2 heterocycles. The van der Waals surface area contributed by atoms with Gasteiger partial charge in [-0.3, -0.25) is 24.1 Å². The summed E-state index contributed by atoms with van der Waals surface area (Å²) < 4.78 is 23.8. The molecule has 0 aromatic heterocycles. The molecule has 0 spiro atoms. The molecule has 0 saturated carbocycles. The second-order valence-corrected chi connectivity index (χ2v) is 8.33. The summed E-state index contributed by atoms with van der Waals surface area (Å²) >= 11 is 0. The second-order valence-electron chi connectivity index (χ2n) is 8.33. The molecule has 4 rings (SSSR count). The number of esters is 1. The number of amides is 3. The van der Waals surface area contributed by atoms with Crippen molar-refractivity contribution in [3.63, 3.8) is 0 Å². The average Bonchev–Trinajstić information content (AvgIpc) is 3.14. The van der Waals surface area contributed by atoms with Crippen LogP contribution in [0.1, 0.15) is 23.7 Å². The smallest absolute Gasteiger partial charge is 0.308 e. The highest BCUT2D eigenvalue weighted by atomic mass is 19.1. The van der Waals surface area contributed by atoms with Crippen molar-refractivity contribution in [2.75, 3.05) is 44.3 Å². The lowest BCUT2D eigenvalue weighted by Crippen LogP contribution is -2.49. The highest BCUT2D eigenvalue weighted by molar-refractivity contribution is 6.23. The fourth-order valence-electron chi connectivity index (χ4n) is 4.19. The van der Waals surface area contributed by atoms with Crippen LogP contribution in [0.25, 0.3) is 0 Å². The van der Waals surface area contributed by atoms with Gasteiger partial charge in [-0.2, -0.15) is 0 Å². The van der Waals surface area contributed by atoms with Crippen LogP contribution in [0.3, 0.4) is 0 Å². The zero-order valence-corrected chi connectivity index (χ0v) is 19.3. The predicted octanol–water partition coefficient (Wildman–Crippen LogP) is 1.86. The zero-order valence-electron chi connectivity index (χ0n) is 19.3. The zero-order chi connectivity index (χ0) is 24.9. The number of carbonyl (C=O) groups excluding carboxylic acids is 4. The normalized spacial score (nSPS) is 18.6. The van der Waals surface area contributed by atoms with Crippen molar-refractivity contribution in [2.45, 2.75) is 19.4 Å². The van der Waals surface area contributed by atoms with Crippen LogP contribution in [0, 0.1) is 5.82 Å². The fraction of sp³-hybridized carbons (Fsp3) is 0.360. The predicted molar refractivity (Wildman–Crippen MR) is 123 cm³/mol. The van der Waals surface area contributed by atoms with Gasteiger partial charge < -0.3 is 14.4 Å². The molecular formula is C25H26FN3O6. The summed E-state index contributed by atoms with van der Waals surface area (Å²) in [4.78, 5) is 55.4. The minimum atomic E-state index is -0.991. The van der Waals surface area contributed by atoms with Crippen LogP contribution in [0.5, 0.6) is 5.75 Å². The molecule has 0 N–H and O–H groups in total. The third-order valence-electron chi connectivity index (χ3n) is 5.97. The lowest BCUT2D eigenvalue weighted by molar-refractivity contribution is -0.132. The summed E-state index contributed by atoms with van der Waals surface area (Å²) in [5, 5.41) is 0. The Labute approximate surface area is 202 Å². The number of anilines is 1. The van der Waals surface area contributed by atoms with E-state index >= 15 is 0 Å². The molecule has 2 aromatic carbocycles. The molecule has 0 aliphatic carbocycles. The molecule has 2 aromatic rings. The minimum Gasteiger partial charge on any atom is -0.427 e. The number of rotatable bonds is 7. The number of halogens is 1. The van der Waals surface area contributed by atoms with Gasteiger partial charge in [0.2, 0.25) is 5.91 Å². The maximum Gasteiger partial charge on any atom is 0.308 e. The fourth-order valence-corrected chi connectivity index (χ4v) is 4.19. The number of morpholine rings is 1. The second kappa shape index (κ2) is 10.7. The number of benzene rings is 2. The maximum atomic E-state index is 13.4. The summed E-state index contributed by atoms with van der Waals surface area (Å²) in [6.07, 6.45) is -0.166. The molecule has 9 nitrogen and oxygen atoms in total. The quantitative estimate of drug-likeness (QED) is 0.337. The Balaban J connectivity index is 1.56. The highest BCUT2D eigenvalue weighted by Gasteiger charge is 2.44. The molecule has 2 saturated heterocycles. The first-order chi connectivity index (χ1) is 16.8. The van der Waals surface area contributed by atoms with Crippen molar-refractivity contribution in [3.05, 3.63) is 59.9 Å². The van der Waals surface area contributed by atoms with Crippen LogP contribution in [-0.2, 0) is 19.1 Å². The molecule has 2 fully saturated rings. The van der Waals surface area contributed by atoms with Gasteiger partial charge in [-0.25, -0.2) is 9.29 Å². The molecule has 0 radical (unpaired) electrons. The number of nitrogens with zero attached hydrogens (tertiary/aromatic N) is 3.